The summed E-state index contributed by atoms with van der Waals surface area (Å²) in [4.78, 5) is 7.18. The number of aliphatic imine (C=N–C) groups is 1. The van der Waals surface area contributed by atoms with Gasteiger partial charge in [0.2, 0.25) is 0 Å². The molecule has 1 aliphatic heterocycles. The van der Waals surface area contributed by atoms with Crippen LogP contribution in [0.1, 0.15) is 31.7 Å². The molecule has 140 valence electrons. The number of hydrogen-bond acceptors (Lipinski definition) is 4. The molecule has 1 heterocycles. The summed E-state index contributed by atoms with van der Waals surface area (Å²) in [7, 11) is 1.76. The maximum Gasteiger partial charge on any atom is 0.191 e. The first-order valence-electron chi connectivity index (χ1n) is 9.25. The van der Waals surface area contributed by atoms with Crippen molar-refractivity contribution >= 4 is 5.96 Å². The molecule has 0 atom stereocenters. The molecule has 0 bridgehead atoms. The van der Waals surface area contributed by atoms with Crippen molar-refractivity contribution in [1.29, 1.82) is 0 Å². The van der Waals surface area contributed by atoms with Gasteiger partial charge in [-0.3, -0.25) is 0 Å². The van der Waals surface area contributed by atoms with Gasteiger partial charge in [-0.15, -0.1) is 0 Å². The minimum Gasteiger partial charge on any atom is -0.508 e. The molecular formula is C19H32N4O2. The Hall–Kier alpha value is -1.79. The number of guanidine groups is 1. The highest BCUT2D eigenvalue weighted by Gasteiger charge is 2.19. The number of ether oxygens (including phenoxy) is 1. The van der Waals surface area contributed by atoms with Crippen molar-refractivity contribution < 1.29 is 9.84 Å². The highest BCUT2D eigenvalue weighted by Crippen LogP contribution is 2.12. The van der Waals surface area contributed by atoms with Crippen LogP contribution in [0.2, 0.25) is 0 Å². The molecule has 0 aromatic heterocycles. The summed E-state index contributed by atoms with van der Waals surface area (Å²) >= 11 is 0. The molecule has 1 aliphatic rings. The smallest absolute Gasteiger partial charge is 0.191 e. The van der Waals surface area contributed by atoms with Crippen molar-refractivity contribution in [3.05, 3.63) is 29.8 Å². The summed E-state index contributed by atoms with van der Waals surface area (Å²) in [5.74, 6) is 1.16. The maximum absolute atomic E-state index is 9.35. The molecule has 1 saturated heterocycles. The lowest BCUT2D eigenvalue weighted by Crippen LogP contribution is -2.48. The molecule has 25 heavy (non-hydrogen) atoms. The van der Waals surface area contributed by atoms with Gasteiger partial charge in [0.05, 0.1) is 6.54 Å². The molecule has 1 aromatic rings. The Bertz CT molecular complexity index is 511. The molecule has 0 unspecified atom stereocenters. The number of likely N-dealkylation sites (tertiary alicyclic amines) is 1. The maximum atomic E-state index is 9.35. The van der Waals surface area contributed by atoms with E-state index in [9.17, 15) is 5.11 Å². The zero-order valence-corrected chi connectivity index (χ0v) is 15.5. The third kappa shape index (κ3) is 7.32. The Balaban J connectivity index is 1.79. The van der Waals surface area contributed by atoms with E-state index < -0.39 is 0 Å². The van der Waals surface area contributed by atoms with Gasteiger partial charge in [0, 0.05) is 45.9 Å². The quantitative estimate of drug-likeness (QED) is 0.381. The predicted octanol–water partition coefficient (Wildman–Crippen LogP) is 1.95. The van der Waals surface area contributed by atoms with Crippen LogP contribution in [-0.2, 0) is 11.3 Å². The van der Waals surface area contributed by atoms with E-state index in [1.807, 2.05) is 12.1 Å². The minimum atomic E-state index is 0.287. The Morgan fingerprint density at radius 1 is 1.28 bits per heavy atom. The van der Waals surface area contributed by atoms with Gasteiger partial charge in [-0.2, -0.15) is 0 Å². The number of aromatic hydroxyl groups is 1. The Morgan fingerprint density at radius 2 is 2.00 bits per heavy atom. The average molecular weight is 348 g/mol. The van der Waals surface area contributed by atoms with Crippen LogP contribution < -0.4 is 10.6 Å². The predicted molar refractivity (Wildman–Crippen MR) is 102 cm³/mol. The number of nitrogens with zero attached hydrogens (tertiary/aromatic N) is 2. The zero-order chi connectivity index (χ0) is 17.9. The van der Waals surface area contributed by atoms with E-state index in [1.165, 1.54) is 0 Å². The van der Waals surface area contributed by atoms with E-state index in [2.05, 4.69) is 27.4 Å². The van der Waals surface area contributed by atoms with E-state index in [1.54, 1.807) is 19.2 Å². The fraction of sp³-hybridized carbons (Fsp3) is 0.632. The van der Waals surface area contributed by atoms with Crippen LogP contribution in [0.5, 0.6) is 5.75 Å². The topological polar surface area (TPSA) is 69.1 Å². The second-order valence-corrected chi connectivity index (χ2v) is 6.47. The van der Waals surface area contributed by atoms with E-state index in [0.717, 1.165) is 63.6 Å². The fourth-order valence-corrected chi connectivity index (χ4v) is 3.02. The molecule has 1 aromatic carbocycles. The highest BCUT2D eigenvalue weighted by atomic mass is 16.5. The first-order valence-corrected chi connectivity index (χ1v) is 9.25. The van der Waals surface area contributed by atoms with E-state index in [-0.39, 0.29) is 5.75 Å². The molecule has 6 heteroatoms. The molecule has 2 rings (SSSR count). The van der Waals surface area contributed by atoms with Crippen LogP contribution in [-0.4, -0.2) is 61.9 Å². The van der Waals surface area contributed by atoms with E-state index in [4.69, 9.17) is 4.74 Å². The van der Waals surface area contributed by atoms with Crippen molar-refractivity contribution in [2.75, 3.05) is 39.9 Å². The van der Waals surface area contributed by atoms with Crippen LogP contribution in [0.15, 0.2) is 29.3 Å². The van der Waals surface area contributed by atoms with Crippen LogP contribution in [0.3, 0.4) is 0 Å². The van der Waals surface area contributed by atoms with E-state index in [0.29, 0.717) is 12.6 Å². The molecule has 0 aliphatic carbocycles. The minimum absolute atomic E-state index is 0.287. The third-order valence-corrected chi connectivity index (χ3v) is 4.45. The highest BCUT2D eigenvalue weighted by molar-refractivity contribution is 5.80. The van der Waals surface area contributed by atoms with Gasteiger partial charge in [0.15, 0.2) is 5.96 Å². The molecular weight excluding hydrogens is 316 g/mol. The molecule has 6 nitrogen and oxygen atoms in total. The lowest BCUT2D eigenvalue weighted by Gasteiger charge is -2.33. The number of nitrogens with one attached hydrogen (secondary N) is 2. The van der Waals surface area contributed by atoms with Crippen molar-refractivity contribution in [2.45, 2.75) is 38.8 Å². The molecule has 0 radical (unpaired) electrons. The SMILES string of the molecule is CCNC(=NCc1ccc(O)cc1)NC1CCN(CCCOC)CC1. The molecule has 3 N–H and O–H groups in total. The van der Waals surface area contributed by atoms with Gasteiger partial charge in [-0.05, 0) is 43.9 Å². The lowest BCUT2D eigenvalue weighted by molar-refractivity contribution is 0.155. The standard InChI is InChI=1S/C19H32N4O2/c1-3-20-19(21-15-16-5-7-18(24)8-6-16)22-17-9-12-23(13-10-17)11-4-14-25-2/h5-8,17,24H,3-4,9-15H2,1-2H3,(H2,20,21,22). The third-order valence-electron chi connectivity index (χ3n) is 4.45. The first-order chi connectivity index (χ1) is 12.2. The van der Waals surface area contributed by atoms with Gasteiger partial charge in [-0.25, -0.2) is 4.99 Å². The van der Waals surface area contributed by atoms with Gasteiger partial charge in [0.1, 0.15) is 5.75 Å². The van der Waals surface area contributed by atoms with Crippen molar-refractivity contribution in [3.8, 4) is 5.75 Å². The number of phenols is 1. The number of benzene rings is 1. The summed E-state index contributed by atoms with van der Waals surface area (Å²) in [5, 5.41) is 16.2. The van der Waals surface area contributed by atoms with Gasteiger partial charge >= 0.3 is 0 Å². The lowest BCUT2D eigenvalue weighted by atomic mass is 10.1. The Labute approximate surface area is 151 Å². The van der Waals surface area contributed by atoms with Crippen LogP contribution in [0.25, 0.3) is 0 Å². The summed E-state index contributed by atoms with van der Waals surface area (Å²) in [5.41, 5.74) is 1.09. The summed E-state index contributed by atoms with van der Waals surface area (Å²) < 4.78 is 5.13. The second kappa shape index (κ2) is 10.9. The molecule has 1 fully saturated rings. The fourth-order valence-electron chi connectivity index (χ4n) is 3.02. The normalized spacial score (nSPS) is 16.8. The van der Waals surface area contributed by atoms with Crippen molar-refractivity contribution in [1.82, 2.24) is 15.5 Å². The number of piperidine rings is 1. The summed E-state index contributed by atoms with van der Waals surface area (Å²) in [6, 6.07) is 7.67. The second-order valence-electron chi connectivity index (χ2n) is 6.47. The molecule has 0 spiro atoms. The van der Waals surface area contributed by atoms with Gasteiger partial charge in [-0.1, -0.05) is 12.1 Å². The zero-order valence-electron chi connectivity index (χ0n) is 15.5. The van der Waals surface area contributed by atoms with E-state index >= 15 is 0 Å². The summed E-state index contributed by atoms with van der Waals surface area (Å²) in [6.45, 7) is 7.73. The van der Waals surface area contributed by atoms with Crippen LogP contribution >= 0.6 is 0 Å². The molecule has 0 saturated carbocycles. The average Bonchev–Trinajstić information content (AvgIpc) is 2.63. The van der Waals surface area contributed by atoms with Gasteiger partial charge < -0.3 is 25.4 Å². The number of methoxy groups -OCH3 is 1. The number of rotatable bonds is 8. The molecule has 0 amide bonds. The van der Waals surface area contributed by atoms with Crippen molar-refractivity contribution in [3.63, 3.8) is 0 Å². The Kier molecular flexibility index (Phi) is 8.55. The van der Waals surface area contributed by atoms with Crippen LogP contribution in [0, 0.1) is 0 Å². The van der Waals surface area contributed by atoms with Crippen LogP contribution in [0.4, 0.5) is 0 Å². The summed E-state index contributed by atoms with van der Waals surface area (Å²) in [6.07, 6.45) is 3.37. The van der Waals surface area contributed by atoms with Gasteiger partial charge in [0.25, 0.3) is 0 Å². The first kappa shape index (κ1) is 19.5. The Morgan fingerprint density at radius 3 is 2.64 bits per heavy atom. The van der Waals surface area contributed by atoms with Crippen molar-refractivity contribution in [2.24, 2.45) is 4.99 Å². The largest absolute Gasteiger partial charge is 0.508 e. The number of hydrogen-bond donors (Lipinski definition) is 3. The monoisotopic (exact) mass is 348 g/mol. The number of phenolic OH excluding ortho intramolecular Hbond substituents is 1.